The van der Waals surface area contributed by atoms with Crippen molar-refractivity contribution in [2.45, 2.75) is 32.0 Å². The second-order valence-electron chi connectivity index (χ2n) is 4.09. The summed E-state index contributed by atoms with van der Waals surface area (Å²) < 4.78 is 51.8. The molecule has 19 heavy (non-hydrogen) atoms. The maximum absolute atomic E-state index is 13.9. The largest absolute Gasteiger partial charge is 0.390 e. The van der Waals surface area contributed by atoms with Crippen molar-refractivity contribution in [1.29, 1.82) is 0 Å². The summed E-state index contributed by atoms with van der Waals surface area (Å²) in [6.07, 6.45) is -4.86. The van der Waals surface area contributed by atoms with Gasteiger partial charge >= 0.3 is 6.18 Å². The van der Waals surface area contributed by atoms with Gasteiger partial charge in [0.25, 0.3) is 0 Å². The van der Waals surface area contributed by atoms with Crippen molar-refractivity contribution in [2.75, 3.05) is 6.54 Å². The zero-order valence-corrected chi connectivity index (χ0v) is 12.5. The lowest BCUT2D eigenvalue weighted by molar-refractivity contribution is -0.140. The van der Waals surface area contributed by atoms with E-state index in [1.807, 2.05) is 6.92 Å². The maximum atomic E-state index is 13.9. The van der Waals surface area contributed by atoms with E-state index in [0.29, 0.717) is 17.4 Å². The summed E-state index contributed by atoms with van der Waals surface area (Å²) in [5.41, 5.74) is -0.0704. The van der Waals surface area contributed by atoms with Crippen molar-refractivity contribution in [3.8, 4) is 0 Å². The number of benzene rings is 1. The average molecular weight is 363 g/mol. The second-order valence-corrected chi connectivity index (χ2v) is 5.32. The van der Waals surface area contributed by atoms with Gasteiger partial charge in [-0.25, -0.2) is 4.39 Å². The minimum atomic E-state index is -4.38. The highest BCUT2D eigenvalue weighted by Crippen LogP contribution is 2.35. The smallest absolute Gasteiger partial charge is 0.310 e. The number of rotatable bonds is 5. The molecule has 1 unspecified atom stereocenters. The number of hydrogen-bond donors (Lipinski definition) is 1. The lowest BCUT2D eigenvalue weighted by Gasteiger charge is -2.21. The van der Waals surface area contributed by atoms with Gasteiger partial charge in [-0.05, 0) is 35.0 Å². The predicted molar refractivity (Wildman–Crippen MR) is 70.8 cm³/mol. The van der Waals surface area contributed by atoms with Gasteiger partial charge in [-0.1, -0.05) is 24.6 Å². The second kappa shape index (κ2) is 6.90. The highest BCUT2D eigenvalue weighted by atomic mass is 79.9. The number of alkyl halides is 3. The highest BCUT2D eigenvalue weighted by Gasteiger charge is 2.33. The molecule has 7 heteroatoms. The first-order valence-corrected chi connectivity index (χ1v) is 6.87. The van der Waals surface area contributed by atoms with E-state index in [-0.39, 0.29) is 10.6 Å². The zero-order chi connectivity index (χ0) is 14.6. The summed E-state index contributed by atoms with van der Waals surface area (Å²) in [7, 11) is 0. The van der Waals surface area contributed by atoms with Crippen LogP contribution in [-0.4, -0.2) is 12.7 Å². The Labute approximate surface area is 122 Å². The van der Waals surface area contributed by atoms with E-state index in [9.17, 15) is 17.6 Å². The fourth-order valence-electron chi connectivity index (χ4n) is 1.65. The minimum absolute atomic E-state index is 0.0704. The van der Waals surface area contributed by atoms with Crippen LogP contribution in [-0.2, 0) is 0 Å². The van der Waals surface area contributed by atoms with Crippen molar-refractivity contribution in [2.24, 2.45) is 0 Å². The van der Waals surface area contributed by atoms with Crippen molar-refractivity contribution >= 4 is 27.5 Å². The molecule has 0 saturated carbocycles. The van der Waals surface area contributed by atoms with Gasteiger partial charge in [-0.3, -0.25) is 0 Å². The summed E-state index contributed by atoms with van der Waals surface area (Å²) in [5.74, 6) is -0.825. The van der Waals surface area contributed by atoms with Crippen LogP contribution >= 0.6 is 27.5 Å². The van der Waals surface area contributed by atoms with Crippen LogP contribution in [0.2, 0.25) is 5.02 Å². The molecule has 1 nitrogen and oxygen atoms in total. The molecule has 0 aliphatic rings. The Bertz CT molecular complexity index is 436. The summed E-state index contributed by atoms with van der Waals surface area (Å²) in [6, 6.07) is 1.62. The van der Waals surface area contributed by atoms with Crippen LogP contribution in [0.3, 0.4) is 0 Å². The Balaban J connectivity index is 3.06. The Hall–Kier alpha value is -0.330. The van der Waals surface area contributed by atoms with Crippen LogP contribution in [0.5, 0.6) is 0 Å². The molecule has 0 radical (unpaired) electrons. The monoisotopic (exact) mass is 361 g/mol. The Morgan fingerprint density at radius 3 is 2.53 bits per heavy atom. The molecule has 0 aromatic heterocycles. The summed E-state index contributed by atoms with van der Waals surface area (Å²) >= 11 is 8.73. The van der Waals surface area contributed by atoms with Gasteiger partial charge in [0.05, 0.1) is 11.4 Å². The molecule has 108 valence electrons. The Morgan fingerprint density at radius 1 is 1.37 bits per heavy atom. The standard InChI is InChI=1S/C12H13BrClF4N/c1-2-5-19-9(6-12(16,17)18)7-3-4-8(13)10(14)11(7)15/h3-4,9,19H,2,5-6H2,1H3. The molecule has 1 N–H and O–H groups in total. The molecule has 1 aromatic rings. The molecule has 0 amide bonds. The molecule has 0 aliphatic carbocycles. The normalized spacial score (nSPS) is 13.6. The SMILES string of the molecule is CCCNC(CC(F)(F)F)c1ccc(Br)c(Cl)c1F. The van der Waals surface area contributed by atoms with Crippen LogP contribution in [0, 0.1) is 5.82 Å². The predicted octanol–water partition coefficient (Wildman–Crippen LogP) is 5.23. The molecule has 0 aliphatic heterocycles. The Kier molecular flexibility index (Phi) is 6.08. The zero-order valence-electron chi connectivity index (χ0n) is 10.1. The van der Waals surface area contributed by atoms with Gasteiger partial charge in [-0.15, -0.1) is 0 Å². The lowest BCUT2D eigenvalue weighted by atomic mass is 10.0. The lowest BCUT2D eigenvalue weighted by Crippen LogP contribution is -2.28. The molecule has 0 bridgehead atoms. The number of nitrogens with one attached hydrogen (secondary N) is 1. The molecule has 0 spiro atoms. The van der Waals surface area contributed by atoms with E-state index in [2.05, 4.69) is 21.2 Å². The van der Waals surface area contributed by atoms with E-state index in [4.69, 9.17) is 11.6 Å². The third kappa shape index (κ3) is 4.93. The van der Waals surface area contributed by atoms with E-state index >= 15 is 0 Å². The van der Waals surface area contributed by atoms with Crippen LogP contribution in [0.4, 0.5) is 17.6 Å². The van der Waals surface area contributed by atoms with Gasteiger partial charge in [-0.2, -0.15) is 13.2 Å². The van der Waals surface area contributed by atoms with E-state index in [1.54, 1.807) is 0 Å². The van der Waals surface area contributed by atoms with E-state index < -0.39 is 24.5 Å². The fourth-order valence-corrected chi connectivity index (χ4v) is 2.13. The molecule has 0 fully saturated rings. The summed E-state index contributed by atoms with van der Waals surface area (Å²) in [4.78, 5) is 0. The number of halogens is 6. The first kappa shape index (κ1) is 16.7. The summed E-state index contributed by atoms with van der Waals surface area (Å²) in [6.45, 7) is 2.19. The van der Waals surface area contributed by atoms with Gasteiger partial charge in [0, 0.05) is 16.1 Å². The summed E-state index contributed by atoms with van der Waals surface area (Å²) in [5, 5.41) is 2.49. The molecule has 0 heterocycles. The van der Waals surface area contributed by atoms with Gasteiger partial charge < -0.3 is 5.32 Å². The van der Waals surface area contributed by atoms with Gasteiger partial charge in [0.15, 0.2) is 0 Å². The minimum Gasteiger partial charge on any atom is -0.310 e. The van der Waals surface area contributed by atoms with Gasteiger partial charge in [0.1, 0.15) is 5.82 Å². The quantitative estimate of drug-likeness (QED) is 0.558. The van der Waals surface area contributed by atoms with Crippen molar-refractivity contribution in [1.82, 2.24) is 5.32 Å². The van der Waals surface area contributed by atoms with Crippen LogP contribution < -0.4 is 5.32 Å². The topological polar surface area (TPSA) is 12.0 Å². The third-order valence-corrected chi connectivity index (χ3v) is 3.78. The third-order valence-electron chi connectivity index (χ3n) is 2.52. The molecular formula is C12H13BrClF4N. The number of hydrogen-bond acceptors (Lipinski definition) is 1. The van der Waals surface area contributed by atoms with E-state index in [0.717, 1.165) is 0 Å². The molecule has 1 atom stereocenters. The highest BCUT2D eigenvalue weighted by molar-refractivity contribution is 9.10. The maximum Gasteiger partial charge on any atom is 0.390 e. The van der Waals surface area contributed by atoms with Crippen LogP contribution in [0.25, 0.3) is 0 Å². The molecular weight excluding hydrogens is 349 g/mol. The molecule has 0 saturated heterocycles. The molecule has 1 aromatic carbocycles. The van der Waals surface area contributed by atoms with Crippen molar-refractivity contribution < 1.29 is 17.6 Å². The van der Waals surface area contributed by atoms with Gasteiger partial charge in [0.2, 0.25) is 0 Å². The Morgan fingerprint density at radius 2 is 2.00 bits per heavy atom. The first-order valence-electron chi connectivity index (χ1n) is 5.69. The fraction of sp³-hybridized carbons (Fsp3) is 0.500. The van der Waals surface area contributed by atoms with E-state index in [1.165, 1.54) is 12.1 Å². The van der Waals surface area contributed by atoms with Crippen molar-refractivity contribution in [3.63, 3.8) is 0 Å². The van der Waals surface area contributed by atoms with Crippen molar-refractivity contribution in [3.05, 3.63) is 33.0 Å². The molecule has 1 rings (SSSR count). The average Bonchev–Trinajstić information content (AvgIpc) is 2.30. The first-order chi connectivity index (χ1) is 8.76. The van der Waals surface area contributed by atoms with Crippen LogP contribution in [0.15, 0.2) is 16.6 Å². The van der Waals surface area contributed by atoms with Crippen LogP contribution in [0.1, 0.15) is 31.4 Å².